The number of halogens is 4. The fourth-order valence-electron chi connectivity index (χ4n) is 1.48. The Bertz CT molecular complexity index is 534. The molecule has 0 spiro atoms. The minimum absolute atomic E-state index is 0.170. The molecular formula is C12H8Br2ClFS. The van der Waals surface area contributed by atoms with E-state index in [1.807, 2.05) is 19.1 Å². The Morgan fingerprint density at radius 1 is 1.35 bits per heavy atom. The molecule has 0 nitrogen and oxygen atoms in total. The maximum atomic E-state index is 13.8. The highest BCUT2D eigenvalue weighted by Crippen LogP contribution is 2.41. The van der Waals surface area contributed by atoms with Crippen LogP contribution in [0.3, 0.4) is 0 Å². The fourth-order valence-corrected chi connectivity index (χ4v) is 4.00. The van der Waals surface area contributed by atoms with Crippen molar-refractivity contribution in [3.05, 3.63) is 54.9 Å². The van der Waals surface area contributed by atoms with E-state index in [-0.39, 0.29) is 10.6 Å². The lowest BCUT2D eigenvalue weighted by Gasteiger charge is -2.09. The van der Waals surface area contributed by atoms with Crippen LogP contribution in [0.4, 0.5) is 4.39 Å². The number of aryl methyl sites for hydroxylation is 1. The van der Waals surface area contributed by atoms with Crippen LogP contribution < -0.4 is 0 Å². The van der Waals surface area contributed by atoms with Crippen LogP contribution in [0.1, 0.15) is 20.8 Å². The van der Waals surface area contributed by atoms with E-state index in [0.29, 0.717) is 9.90 Å². The SMILES string of the molecule is Cc1ccc(C(Br)c2cc(Br)c(Cl)s2)c(F)c1. The molecule has 1 aromatic carbocycles. The van der Waals surface area contributed by atoms with E-state index in [0.717, 1.165) is 14.9 Å². The number of hydrogen-bond donors (Lipinski definition) is 0. The smallest absolute Gasteiger partial charge is 0.128 e. The van der Waals surface area contributed by atoms with E-state index in [1.165, 1.54) is 17.4 Å². The van der Waals surface area contributed by atoms with E-state index in [2.05, 4.69) is 31.9 Å². The zero-order valence-corrected chi connectivity index (χ0v) is 13.6. The third kappa shape index (κ3) is 2.92. The minimum atomic E-state index is -0.201. The normalized spacial score (nSPS) is 12.8. The van der Waals surface area contributed by atoms with Gasteiger partial charge in [-0.05, 0) is 40.5 Å². The molecule has 0 fully saturated rings. The highest BCUT2D eigenvalue weighted by molar-refractivity contribution is 9.10. The first kappa shape index (κ1) is 13.5. The van der Waals surface area contributed by atoms with Crippen LogP contribution in [0.25, 0.3) is 0 Å². The molecular weight excluding hydrogens is 390 g/mol. The van der Waals surface area contributed by atoms with Gasteiger partial charge in [-0.1, -0.05) is 39.7 Å². The van der Waals surface area contributed by atoms with Crippen LogP contribution in [-0.4, -0.2) is 0 Å². The molecule has 0 saturated heterocycles. The number of thiophene rings is 1. The number of rotatable bonds is 2. The standard InChI is InChI=1S/C12H8Br2ClFS/c1-6-2-3-7(9(16)4-6)11(14)10-5-8(13)12(15)17-10/h2-5,11H,1H3. The summed E-state index contributed by atoms with van der Waals surface area (Å²) >= 11 is 14.3. The lowest BCUT2D eigenvalue weighted by Crippen LogP contribution is -1.94. The van der Waals surface area contributed by atoms with Gasteiger partial charge in [0.25, 0.3) is 0 Å². The summed E-state index contributed by atoms with van der Waals surface area (Å²) in [6.07, 6.45) is 0. The van der Waals surface area contributed by atoms with Gasteiger partial charge in [0.1, 0.15) is 10.2 Å². The molecule has 17 heavy (non-hydrogen) atoms. The molecule has 0 radical (unpaired) electrons. The minimum Gasteiger partial charge on any atom is -0.207 e. The fraction of sp³-hybridized carbons (Fsp3) is 0.167. The predicted octanol–water partition coefficient (Wildman–Crippen LogP) is 6.10. The molecule has 0 N–H and O–H groups in total. The predicted molar refractivity (Wildman–Crippen MR) is 78.9 cm³/mol. The van der Waals surface area contributed by atoms with Crippen molar-refractivity contribution < 1.29 is 4.39 Å². The van der Waals surface area contributed by atoms with Crippen molar-refractivity contribution in [1.29, 1.82) is 0 Å². The van der Waals surface area contributed by atoms with Gasteiger partial charge < -0.3 is 0 Å². The van der Waals surface area contributed by atoms with Gasteiger partial charge in [-0.25, -0.2) is 4.39 Å². The van der Waals surface area contributed by atoms with Crippen LogP contribution in [0.15, 0.2) is 28.7 Å². The summed E-state index contributed by atoms with van der Waals surface area (Å²) < 4.78 is 15.3. The Morgan fingerprint density at radius 2 is 2.06 bits per heavy atom. The maximum absolute atomic E-state index is 13.8. The second-order valence-corrected chi connectivity index (χ2v) is 7.11. The molecule has 0 aliphatic carbocycles. The van der Waals surface area contributed by atoms with Gasteiger partial charge in [-0.2, -0.15) is 0 Å². The van der Waals surface area contributed by atoms with Gasteiger partial charge in [0.2, 0.25) is 0 Å². The molecule has 1 unspecified atom stereocenters. The van der Waals surface area contributed by atoms with Gasteiger partial charge >= 0.3 is 0 Å². The summed E-state index contributed by atoms with van der Waals surface area (Å²) in [5.74, 6) is -0.201. The third-order valence-electron chi connectivity index (χ3n) is 2.34. The van der Waals surface area contributed by atoms with Crippen LogP contribution in [0.2, 0.25) is 4.34 Å². The monoisotopic (exact) mass is 396 g/mol. The number of alkyl halides is 1. The highest BCUT2D eigenvalue weighted by Gasteiger charge is 2.18. The van der Waals surface area contributed by atoms with Crippen LogP contribution in [0, 0.1) is 12.7 Å². The molecule has 0 aliphatic rings. The van der Waals surface area contributed by atoms with Crippen LogP contribution >= 0.6 is 54.8 Å². The second-order valence-electron chi connectivity index (χ2n) is 3.66. The van der Waals surface area contributed by atoms with Crippen molar-refractivity contribution in [3.63, 3.8) is 0 Å². The van der Waals surface area contributed by atoms with Crippen LogP contribution in [-0.2, 0) is 0 Å². The third-order valence-corrected chi connectivity index (χ3v) is 6.17. The molecule has 1 heterocycles. The molecule has 2 rings (SSSR count). The van der Waals surface area contributed by atoms with Gasteiger partial charge in [-0.3, -0.25) is 0 Å². The van der Waals surface area contributed by atoms with Gasteiger partial charge in [-0.15, -0.1) is 11.3 Å². The van der Waals surface area contributed by atoms with Gasteiger partial charge in [0.05, 0.1) is 4.83 Å². The Morgan fingerprint density at radius 3 is 2.59 bits per heavy atom. The molecule has 1 aromatic heterocycles. The largest absolute Gasteiger partial charge is 0.207 e. The summed E-state index contributed by atoms with van der Waals surface area (Å²) in [6.45, 7) is 1.87. The summed E-state index contributed by atoms with van der Waals surface area (Å²) in [6, 6.07) is 7.14. The van der Waals surface area contributed by atoms with Gasteiger partial charge in [0.15, 0.2) is 0 Å². The quantitative estimate of drug-likeness (QED) is 0.537. The van der Waals surface area contributed by atoms with E-state index < -0.39 is 0 Å². The van der Waals surface area contributed by atoms with E-state index in [4.69, 9.17) is 11.6 Å². The summed E-state index contributed by atoms with van der Waals surface area (Å²) in [5.41, 5.74) is 1.54. The lowest BCUT2D eigenvalue weighted by atomic mass is 10.1. The highest BCUT2D eigenvalue weighted by atomic mass is 79.9. The van der Waals surface area contributed by atoms with Crippen molar-refractivity contribution >= 4 is 54.8 Å². The van der Waals surface area contributed by atoms with Gasteiger partial charge in [0, 0.05) is 14.9 Å². The Labute approximate surface area is 125 Å². The van der Waals surface area contributed by atoms with Crippen molar-refractivity contribution in [2.75, 3.05) is 0 Å². The molecule has 1 atom stereocenters. The van der Waals surface area contributed by atoms with Crippen molar-refractivity contribution in [2.45, 2.75) is 11.8 Å². The average Bonchev–Trinajstić information content (AvgIpc) is 2.58. The Kier molecular flexibility index (Phi) is 4.29. The summed E-state index contributed by atoms with van der Waals surface area (Å²) in [7, 11) is 0. The average molecular weight is 399 g/mol. The summed E-state index contributed by atoms with van der Waals surface area (Å²) in [4.78, 5) is 0.807. The van der Waals surface area contributed by atoms with E-state index >= 15 is 0 Å². The second kappa shape index (κ2) is 5.39. The molecule has 0 amide bonds. The molecule has 0 aliphatic heterocycles. The van der Waals surface area contributed by atoms with Crippen molar-refractivity contribution in [3.8, 4) is 0 Å². The topological polar surface area (TPSA) is 0 Å². The van der Waals surface area contributed by atoms with E-state index in [9.17, 15) is 4.39 Å². The Balaban J connectivity index is 2.39. The van der Waals surface area contributed by atoms with E-state index in [1.54, 1.807) is 6.07 Å². The zero-order chi connectivity index (χ0) is 12.6. The number of hydrogen-bond acceptors (Lipinski definition) is 1. The molecule has 0 saturated carbocycles. The Hall–Kier alpha value is 0.1000. The maximum Gasteiger partial charge on any atom is 0.128 e. The van der Waals surface area contributed by atoms with Crippen molar-refractivity contribution in [1.82, 2.24) is 0 Å². The van der Waals surface area contributed by atoms with Crippen molar-refractivity contribution in [2.24, 2.45) is 0 Å². The first-order valence-electron chi connectivity index (χ1n) is 4.84. The first-order chi connectivity index (χ1) is 7.99. The lowest BCUT2D eigenvalue weighted by molar-refractivity contribution is 0.613. The van der Waals surface area contributed by atoms with Crippen LogP contribution in [0.5, 0.6) is 0 Å². The number of benzene rings is 1. The molecule has 0 bridgehead atoms. The zero-order valence-electron chi connectivity index (χ0n) is 8.81. The molecule has 2 aromatic rings. The molecule has 90 valence electrons. The molecule has 5 heteroatoms. The summed E-state index contributed by atoms with van der Waals surface area (Å²) in [5, 5.41) is 0. The first-order valence-corrected chi connectivity index (χ1v) is 7.74.